The van der Waals surface area contributed by atoms with Crippen molar-refractivity contribution in [3.05, 3.63) is 0 Å². The van der Waals surface area contributed by atoms with Gasteiger partial charge in [-0.15, -0.1) is 0 Å². The minimum Gasteiger partial charge on any atom is -0.324 e. The van der Waals surface area contributed by atoms with Crippen LogP contribution in [0.2, 0.25) is 0 Å². The average molecular weight is 214 g/mol. The lowest BCUT2D eigenvalue weighted by Gasteiger charge is -2.20. The smallest absolute Gasteiger partial charge is 0.324 e. The van der Waals surface area contributed by atoms with Crippen molar-refractivity contribution in [1.29, 1.82) is 0 Å². The van der Waals surface area contributed by atoms with E-state index in [1.54, 1.807) is 0 Å². The molecular formula is C5H12O3P2S. The fourth-order valence-electron chi connectivity index (χ4n) is 1.50. The Kier molecular flexibility index (Phi) is 2.64. The van der Waals surface area contributed by atoms with Gasteiger partial charge in [0.1, 0.15) is 0 Å². The molecule has 0 aliphatic carbocycles. The van der Waals surface area contributed by atoms with Crippen LogP contribution in [-0.4, -0.2) is 28.0 Å². The second-order valence-electron chi connectivity index (χ2n) is 3.11. The summed E-state index contributed by atoms with van der Waals surface area (Å²) in [7, 11) is -3.89. The molecule has 1 aliphatic heterocycles. The second kappa shape index (κ2) is 2.93. The van der Waals surface area contributed by atoms with Crippen LogP contribution in [0.1, 0.15) is 12.8 Å². The van der Waals surface area contributed by atoms with E-state index in [1.807, 2.05) is 6.66 Å². The molecule has 2 atom stereocenters. The topological polar surface area (TPSA) is 57.5 Å². The summed E-state index contributed by atoms with van der Waals surface area (Å²) >= 11 is 5.20. The van der Waals surface area contributed by atoms with Crippen LogP contribution >= 0.6 is 13.6 Å². The Morgan fingerprint density at radius 2 is 2.18 bits per heavy atom. The van der Waals surface area contributed by atoms with Crippen molar-refractivity contribution >= 4 is 25.4 Å². The maximum atomic E-state index is 10.9. The molecule has 1 rings (SSSR count). The average Bonchev–Trinajstić information content (AvgIpc) is 2.06. The predicted molar refractivity (Wildman–Crippen MR) is 50.1 cm³/mol. The van der Waals surface area contributed by atoms with Crippen LogP contribution in [0.3, 0.4) is 0 Å². The molecule has 3 nitrogen and oxygen atoms in total. The van der Waals surface area contributed by atoms with Crippen LogP contribution < -0.4 is 0 Å². The second-order valence-corrected chi connectivity index (χ2v) is 11.2. The van der Waals surface area contributed by atoms with Crippen LogP contribution in [0.15, 0.2) is 0 Å². The Morgan fingerprint density at radius 3 is 2.36 bits per heavy atom. The third-order valence-corrected chi connectivity index (χ3v) is 10.1. The van der Waals surface area contributed by atoms with E-state index in [2.05, 4.69) is 0 Å². The molecule has 1 aliphatic rings. The predicted octanol–water partition coefficient (Wildman–Crippen LogP) is 1.39. The molecule has 2 unspecified atom stereocenters. The van der Waals surface area contributed by atoms with Crippen molar-refractivity contribution in [3.63, 3.8) is 0 Å². The van der Waals surface area contributed by atoms with Gasteiger partial charge in [-0.3, -0.25) is 4.57 Å². The molecule has 1 heterocycles. The fourth-order valence-corrected chi connectivity index (χ4v) is 8.55. The van der Waals surface area contributed by atoms with Gasteiger partial charge >= 0.3 is 7.60 Å². The number of hydrogen-bond donors (Lipinski definition) is 2. The minimum atomic E-state index is -3.89. The summed E-state index contributed by atoms with van der Waals surface area (Å²) in [6.45, 7) is 1.86. The monoisotopic (exact) mass is 214 g/mol. The molecule has 1 saturated heterocycles. The van der Waals surface area contributed by atoms with E-state index < -0.39 is 19.0 Å². The van der Waals surface area contributed by atoms with E-state index in [4.69, 9.17) is 21.6 Å². The number of rotatable bonds is 1. The van der Waals surface area contributed by atoms with Crippen molar-refractivity contribution in [1.82, 2.24) is 0 Å². The molecule has 66 valence electrons. The van der Waals surface area contributed by atoms with Gasteiger partial charge in [0.25, 0.3) is 0 Å². The first-order valence-corrected chi connectivity index (χ1v) is 8.64. The maximum Gasteiger partial charge on any atom is 0.333 e. The molecule has 0 amide bonds. The van der Waals surface area contributed by atoms with Crippen LogP contribution in [0, 0.1) is 0 Å². The lowest BCUT2D eigenvalue weighted by atomic mass is 10.4. The van der Waals surface area contributed by atoms with Gasteiger partial charge in [-0.2, -0.15) is 0 Å². The summed E-state index contributed by atoms with van der Waals surface area (Å²) in [5.41, 5.74) is 0. The van der Waals surface area contributed by atoms with E-state index in [-0.39, 0.29) is 0 Å². The third kappa shape index (κ3) is 2.13. The van der Waals surface area contributed by atoms with Gasteiger partial charge in [-0.1, -0.05) is 11.8 Å². The normalized spacial score (nSPS) is 39.4. The van der Waals surface area contributed by atoms with Crippen LogP contribution in [-0.2, 0) is 16.4 Å². The SMILES string of the molecule is CP1(=S)CCCC1P(=O)(O)O. The Morgan fingerprint density at radius 1 is 1.64 bits per heavy atom. The van der Waals surface area contributed by atoms with Crippen molar-refractivity contribution in [2.24, 2.45) is 0 Å². The summed E-state index contributed by atoms with van der Waals surface area (Å²) in [5, 5.41) is -0.481. The van der Waals surface area contributed by atoms with Gasteiger partial charge < -0.3 is 9.79 Å². The Labute approximate surface area is 71.4 Å². The zero-order chi connectivity index (χ0) is 8.70. The highest BCUT2D eigenvalue weighted by atomic mass is 32.4. The summed E-state index contributed by atoms with van der Waals surface area (Å²) < 4.78 is 10.9. The first-order chi connectivity index (χ1) is 4.84. The highest BCUT2D eigenvalue weighted by Gasteiger charge is 2.41. The Bertz CT molecular complexity index is 246. The van der Waals surface area contributed by atoms with E-state index in [1.165, 1.54) is 0 Å². The van der Waals surface area contributed by atoms with Crippen molar-refractivity contribution in [3.8, 4) is 0 Å². The van der Waals surface area contributed by atoms with Gasteiger partial charge in [0, 0.05) is 0 Å². The number of hydrogen-bond acceptors (Lipinski definition) is 2. The van der Waals surface area contributed by atoms with Crippen LogP contribution in [0.4, 0.5) is 0 Å². The fraction of sp³-hybridized carbons (Fsp3) is 1.00. The lowest BCUT2D eigenvalue weighted by molar-refractivity contribution is 0.368. The van der Waals surface area contributed by atoms with Gasteiger partial charge in [-0.05, 0) is 31.7 Å². The first-order valence-electron chi connectivity index (χ1n) is 3.45. The standard InChI is InChI=1S/C5H12O3P2S/c1-9(11)4-2-3-5(9)10(6,7)8/h5H,2-4H2,1H3,(H2,6,7,8). The van der Waals surface area contributed by atoms with E-state index in [9.17, 15) is 4.57 Å². The summed E-state index contributed by atoms with van der Waals surface area (Å²) in [6, 6.07) is -1.70. The molecule has 2 N–H and O–H groups in total. The first kappa shape index (κ1) is 9.88. The summed E-state index contributed by atoms with van der Waals surface area (Å²) in [5.74, 6) is 0. The molecule has 1 fully saturated rings. The van der Waals surface area contributed by atoms with Crippen molar-refractivity contribution in [2.75, 3.05) is 12.8 Å². The maximum absolute atomic E-state index is 10.9. The zero-order valence-corrected chi connectivity index (χ0v) is 8.91. The molecular weight excluding hydrogens is 202 g/mol. The van der Waals surface area contributed by atoms with Crippen LogP contribution in [0.5, 0.6) is 0 Å². The highest BCUT2D eigenvalue weighted by molar-refractivity contribution is 8.17. The molecule has 0 aromatic carbocycles. The van der Waals surface area contributed by atoms with Crippen molar-refractivity contribution < 1.29 is 14.4 Å². The van der Waals surface area contributed by atoms with Gasteiger partial charge in [0.05, 0.1) is 5.40 Å². The molecule has 0 saturated carbocycles. The molecule has 0 bridgehead atoms. The van der Waals surface area contributed by atoms with E-state index in [0.29, 0.717) is 6.42 Å². The largest absolute Gasteiger partial charge is 0.333 e. The Hall–Kier alpha value is 0.800. The molecule has 0 spiro atoms. The lowest BCUT2D eigenvalue weighted by Crippen LogP contribution is -2.02. The quantitative estimate of drug-likeness (QED) is 0.647. The molecule has 0 aromatic rings. The summed E-state index contributed by atoms with van der Waals surface area (Å²) in [6.07, 6.45) is 2.37. The molecule has 6 heteroatoms. The van der Waals surface area contributed by atoms with Gasteiger partial charge in [0.15, 0.2) is 0 Å². The minimum absolute atomic E-state index is 0.481. The Balaban J connectivity index is 2.91. The molecule has 0 aromatic heterocycles. The van der Waals surface area contributed by atoms with E-state index >= 15 is 0 Å². The van der Waals surface area contributed by atoms with Crippen LogP contribution in [0.25, 0.3) is 0 Å². The van der Waals surface area contributed by atoms with E-state index in [0.717, 1.165) is 12.6 Å². The van der Waals surface area contributed by atoms with Crippen molar-refractivity contribution in [2.45, 2.75) is 18.2 Å². The summed E-state index contributed by atoms with van der Waals surface area (Å²) in [4.78, 5) is 17.9. The van der Waals surface area contributed by atoms with Gasteiger partial charge in [0.2, 0.25) is 0 Å². The van der Waals surface area contributed by atoms with Gasteiger partial charge in [-0.25, -0.2) is 0 Å². The zero-order valence-electron chi connectivity index (χ0n) is 6.30. The molecule has 0 radical (unpaired) electrons. The molecule has 11 heavy (non-hydrogen) atoms. The highest BCUT2D eigenvalue weighted by Crippen LogP contribution is 2.68. The third-order valence-electron chi connectivity index (χ3n) is 2.08.